The molecule has 108 valence electrons. The molecule has 2 heterocycles. The Labute approximate surface area is 123 Å². The summed E-state index contributed by atoms with van der Waals surface area (Å²) in [7, 11) is 0. The number of fused-ring (bicyclic) bond motifs is 1. The van der Waals surface area contributed by atoms with Crippen LogP contribution in [0.1, 0.15) is 19.7 Å². The quantitative estimate of drug-likeness (QED) is 0.779. The minimum Gasteiger partial charge on any atom is -0.421 e. The summed E-state index contributed by atoms with van der Waals surface area (Å²) >= 11 is 0. The Balaban J connectivity index is 1.85. The van der Waals surface area contributed by atoms with Crippen LogP contribution in [0.3, 0.4) is 0 Å². The molecule has 0 aliphatic carbocycles. The highest BCUT2D eigenvalue weighted by Crippen LogP contribution is 2.26. The van der Waals surface area contributed by atoms with Gasteiger partial charge in [0.2, 0.25) is 11.8 Å². The van der Waals surface area contributed by atoms with E-state index < -0.39 is 0 Å². The lowest BCUT2D eigenvalue weighted by molar-refractivity contribution is 0.484. The van der Waals surface area contributed by atoms with E-state index in [1.165, 1.54) is 0 Å². The van der Waals surface area contributed by atoms with Crippen molar-refractivity contribution >= 4 is 10.9 Å². The van der Waals surface area contributed by atoms with Crippen LogP contribution in [-0.4, -0.2) is 27.8 Å². The predicted molar refractivity (Wildman–Crippen MR) is 81.9 cm³/mol. The van der Waals surface area contributed by atoms with E-state index in [9.17, 15) is 0 Å². The van der Waals surface area contributed by atoms with Gasteiger partial charge < -0.3 is 9.73 Å². The van der Waals surface area contributed by atoms with E-state index in [0.717, 1.165) is 29.4 Å². The Kier molecular flexibility index (Phi) is 3.92. The van der Waals surface area contributed by atoms with Crippen molar-refractivity contribution in [2.24, 2.45) is 0 Å². The monoisotopic (exact) mass is 282 g/mol. The zero-order chi connectivity index (χ0) is 14.7. The molecule has 0 amide bonds. The van der Waals surface area contributed by atoms with Crippen LogP contribution in [0.5, 0.6) is 0 Å². The van der Waals surface area contributed by atoms with Crippen LogP contribution in [0, 0.1) is 0 Å². The maximum atomic E-state index is 5.77. The molecule has 0 radical (unpaired) electrons. The van der Waals surface area contributed by atoms with Gasteiger partial charge in [0, 0.05) is 36.2 Å². The minimum absolute atomic E-state index is 0.455. The van der Waals surface area contributed by atoms with Gasteiger partial charge in [-0.15, -0.1) is 10.2 Å². The smallest absolute Gasteiger partial charge is 0.248 e. The molecule has 2 aromatic heterocycles. The van der Waals surface area contributed by atoms with E-state index in [1.54, 1.807) is 6.20 Å². The van der Waals surface area contributed by atoms with E-state index in [2.05, 4.69) is 34.3 Å². The van der Waals surface area contributed by atoms with Gasteiger partial charge >= 0.3 is 0 Å². The van der Waals surface area contributed by atoms with E-state index in [4.69, 9.17) is 4.42 Å². The van der Waals surface area contributed by atoms with Crippen molar-refractivity contribution in [1.29, 1.82) is 0 Å². The molecular formula is C16H18N4O. The molecule has 0 fully saturated rings. The van der Waals surface area contributed by atoms with Crippen molar-refractivity contribution in [2.75, 3.05) is 6.54 Å². The van der Waals surface area contributed by atoms with Crippen LogP contribution in [-0.2, 0) is 6.42 Å². The van der Waals surface area contributed by atoms with Crippen molar-refractivity contribution in [2.45, 2.75) is 26.3 Å². The van der Waals surface area contributed by atoms with Crippen molar-refractivity contribution in [3.05, 3.63) is 42.4 Å². The standard InChI is InChI=1S/C16H18N4O/c1-11(2)17-10-8-15-19-20-16(21-15)13-5-3-7-14-12(13)6-4-9-18-14/h3-7,9,11,17H,8,10H2,1-2H3. The van der Waals surface area contributed by atoms with E-state index >= 15 is 0 Å². The Bertz CT molecular complexity index is 730. The molecule has 0 bridgehead atoms. The van der Waals surface area contributed by atoms with Gasteiger partial charge in [0.1, 0.15) is 0 Å². The van der Waals surface area contributed by atoms with E-state index in [1.807, 2.05) is 30.3 Å². The third kappa shape index (κ3) is 3.08. The van der Waals surface area contributed by atoms with Gasteiger partial charge in [-0.3, -0.25) is 4.98 Å². The maximum Gasteiger partial charge on any atom is 0.248 e. The summed E-state index contributed by atoms with van der Waals surface area (Å²) in [6.45, 7) is 5.06. The van der Waals surface area contributed by atoms with Crippen molar-refractivity contribution in [3.63, 3.8) is 0 Å². The summed E-state index contributed by atoms with van der Waals surface area (Å²) in [6, 6.07) is 10.3. The third-order valence-electron chi connectivity index (χ3n) is 3.23. The molecule has 0 aliphatic rings. The zero-order valence-electron chi connectivity index (χ0n) is 12.2. The highest BCUT2D eigenvalue weighted by Gasteiger charge is 2.11. The number of hydrogen-bond donors (Lipinski definition) is 1. The SMILES string of the molecule is CC(C)NCCc1nnc(-c2cccc3ncccc23)o1. The molecule has 1 aromatic carbocycles. The van der Waals surface area contributed by atoms with Crippen LogP contribution >= 0.6 is 0 Å². The summed E-state index contributed by atoms with van der Waals surface area (Å²) < 4.78 is 5.77. The molecule has 3 aromatic rings. The Hall–Kier alpha value is -2.27. The second kappa shape index (κ2) is 6.01. The van der Waals surface area contributed by atoms with Crippen molar-refractivity contribution in [1.82, 2.24) is 20.5 Å². The van der Waals surface area contributed by atoms with Gasteiger partial charge in [-0.25, -0.2) is 0 Å². The number of nitrogens with zero attached hydrogens (tertiary/aromatic N) is 3. The summed E-state index contributed by atoms with van der Waals surface area (Å²) in [4.78, 5) is 4.34. The molecular weight excluding hydrogens is 264 g/mol. The number of rotatable bonds is 5. The fraction of sp³-hybridized carbons (Fsp3) is 0.312. The van der Waals surface area contributed by atoms with Gasteiger partial charge in [0.05, 0.1) is 5.52 Å². The minimum atomic E-state index is 0.455. The Morgan fingerprint density at radius 3 is 2.90 bits per heavy atom. The first-order valence-electron chi connectivity index (χ1n) is 7.14. The number of benzene rings is 1. The molecule has 0 saturated heterocycles. The van der Waals surface area contributed by atoms with Gasteiger partial charge in [-0.2, -0.15) is 0 Å². The van der Waals surface area contributed by atoms with Gasteiger partial charge in [0.15, 0.2) is 0 Å². The average Bonchev–Trinajstić information content (AvgIpc) is 2.95. The largest absolute Gasteiger partial charge is 0.421 e. The summed E-state index contributed by atoms with van der Waals surface area (Å²) in [5.74, 6) is 1.20. The lowest BCUT2D eigenvalue weighted by atomic mass is 10.1. The molecule has 0 atom stereocenters. The van der Waals surface area contributed by atoms with Gasteiger partial charge in [-0.1, -0.05) is 26.0 Å². The molecule has 0 aliphatic heterocycles. The van der Waals surface area contributed by atoms with Crippen LogP contribution in [0.4, 0.5) is 0 Å². The maximum absolute atomic E-state index is 5.77. The molecule has 3 rings (SSSR count). The third-order valence-corrected chi connectivity index (χ3v) is 3.23. The van der Waals surface area contributed by atoms with Crippen LogP contribution < -0.4 is 5.32 Å². The molecule has 0 spiro atoms. The molecule has 5 heteroatoms. The highest BCUT2D eigenvalue weighted by molar-refractivity contribution is 5.92. The van der Waals surface area contributed by atoms with E-state index in [0.29, 0.717) is 17.8 Å². The summed E-state index contributed by atoms with van der Waals surface area (Å²) in [6.07, 6.45) is 2.51. The fourth-order valence-corrected chi connectivity index (χ4v) is 2.22. The normalized spacial score (nSPS) is 11.4. The second-order valence-electron chi connectivity index (χ2n) is 5.24. The lowest BCUT2D eigenvalue weighted by Crippen LogP contribution is -2.25. The van der Waals surface area contributed by atoms with Gasteiger partial charge in [-0.05, 0) is 18.2 Å². The second-order valence-corrected chi connectivity index (χ2v) is 5.24. The first-order valence-corrected chi connectivity index (χ1v) is 7.14. The number of aromatic nitrogens is 3. The molecule has 0 unspecified atom stereocenters. The number of hydrogen-bond acceptors (Lipinski definition) is 5. The first-order chi connectivity index (χ1) is 10.2. The number of nitrogens with one attached hydrogen (secondary N) is 1. The molecule has 0 saturated carbocycles. The van der Waals surface area contributed by atoms with Crippen LogP contribution in [0.15, 0.2) is 40.9 Å². The zero-order valence-corrected chi connectivity index (χ0v) is 12.2. The van der Waals surface area contributed by atoms with Crippen molar-refractivity contribution < 1.29 is 4.42 Å². The Morgan fingerprint density at radius 2 is 2.05 bits per heavy atom. The summed E-state index contributed by atoms with van der Waals surface area (Å²) in [5.41, 5.74) is 1.85. The number of pyridine rings is 1. The first kappa shape index (κ1) is 13.7. The lowest BCUT2D eigenvalue weighted by Gasteiger charge is -2.05. The molecule has 21 heavy (non-hydrogen) atoms. The van der Waals surface area contributed by atoms with E-state index in [-0.39, 0.29) is 0 Å². The average molecular weight is 282 g/mol. The molecule has 5 nitrogen and oxygen atoms in total. The van der Waals surface area contributed by atoms with Gasteiger partial charge in [0.25, 0.3) is 0 Å². The van der Waals surface area contributed by atoms with Crippen LogP contribution in [0.2, 0.25) is 0 Å². The molecule has 1 N–H and O–H groups in total. The summed E-state index contributed by atoms with van der Waals surface area (Å²) in [5, 5.41) is 12.6. The van der Waals surface area contributed by atoms with Crippen molar-refractivity contribution in [3.8, 4) is 11.5 Å². The van der Waals surface area contributed by atoms with Crippen LogP contribution in [0.25, 0.3) is 22.4 Å². The topological polar surface area (TPSA) is 63.8 Å². The highest BCUT2D eigenvalue weighted by atomic mass is 16.4. The fourth-order valence-electron chi connectivity index (χ4n) is 2.22. The Morgan fingerprint density at radius 1 is 1.14 bits per heavy atom. The predicted octanol–water partition coefficient (Wildman–Crippen LogP) is 2.83.